The van der Waals surface area contributed by atoms with Gasteiger partial charge < -0.3 is 10.6 Å². The molecule has 1 aliphatic carbocycles. The molecule has 6 heteroatoms. The molecule has 0 unspecified atom stereocenters. The third kappa shape index (κ3) is 3.93. The average molecular weight is 291 g/mol. The number of nitrogens with one attached hydrogen (secondary N) is 2. The van der Waals surface area contributed by atoms with Gasteiger partial charge in [-0.05, 0) is 25.0 Å². The summed E-state index contributed by atoms with van der Waals surface area (Å²) in [5, 5.41) is 16.9. The number of hydrogen-bond acceptors (Lipinski definition) is 4. The molecule has 2 N–H and O–H groups in total. The van der Waals surface area contributed by atoms with E-state index in [0.717, 1.165) is 25.7 Å². The van der Waals surface area contributed by atoms with E-state index in [9.17, 15) is 14.9 Å². The quantitative estimate of drug-likeness (QED) is 0.507. The van der Waals surface area contributed by atoms with Crippen LogP contribution in [0.4, 0.5) is 11.4 Å². The molecule has 1 aromatic carbocycles. The van der Waals surface area contributed by atoms with E-state index in [0.29, 0.717) is 5.69 Å². The van der Waals surface area contributed by atoms with Gasteiger partial charge in [0.05, 0.1) is 4.92 Å². The summed E-state index contributed by atoms with van der Waals surface area (Å²) >= 11 is 0. The van der Waals surface area contributed by atoms with Crippen LogP contribution in [0.25, 0.3) is 0 Å². The first-order valence-corrected chi connectivity index (χ1v) is 7.39. The number of hydrogen-bond donors (Lipinski definition) is 2. The first kappa shape index (κ1) is 15.3. The van der Waals surface area contributed by atoms with Gasteiger partial charge in [-0.3, -0.25) is 14.9 Å². The van der Waals surface area contributed by atoms with Gasteiger partial charge in [0.25, 0.3) is 11.6 Å². The molecule has 0 spiro atoms. The van der Waals surface area contributed by atoms with Crippen molar-refractivity contribution in [2.24, 2.45) is 0 Å². The zero-order valence-corrected chi connectivity index (χ0v) is 12.2. The number of nitro groups is 1. The van der Waals surface area contributed by atoms with Crippen LogP contribution in [-0.4, -0.2) is 23.9 Å². The molecule has 1 aliphatic rings. The SMILES string of the molecule is CNc1ccc([N+](=O)[O-])c(C(=O)NC2CCCCCC2)c1. The van der Waals surface area contributed by atoms with E-state index in [4.69, 9.17) is 0 Å². The lowest BCUT2D eigenvalue weighted by Gasteiger charge is -2.16. The Bertz CT molecular complexity index is 523. The second kappa shape index (κ2) is 7.06. The van der Waals surface area contributed by atoms with Gasteiger partial charge in [-0.1, -0.05) is 25.7 Å². The highest BCUT2D eigenvalue weighted by molar-refractivity contribution is 5.99. The molecule has 0 bridgehead atoms. The molecule has 0 heterocycles. The summed E-state index contributed by atoms with van der Waals surface area (Å²) in [5.74, 6) is -0.356. The number of nitrogens with zero attached hydrogens (tertiary/aromatic N) is 1. The number of anilines is 1. The zero-order valence-electron chi connectivity index (χ0n) is 12.2. The van der Waals surface area contributed by atoms with Crippen LogP contribution < -0.4 is 10.6 Å². The summed E-state index contributed by atoms with van der Waals surface area (Å²) in [6, 6.07) is 4.62. The molecular formula is C15H21N3O3. The zero-order chi connectivity index (χ0) is 15.2. The Morgan fingerprint density at radius 3 is 2.48 bits per heavy atom. The van der Waals surface area contributed by atoms with Crippen LogP contribution in [0.3, 0.4) is 0 Å². The van der Waals surface area contributed by atoms with E-state index in [1.54, 1.807) is 13.1 Å². The Balaban J connectivity index is 2.18. The number of carbonyl (C=O) groups excluding carboxylic acids is 1. The van der Waals surface area contributed by atoms with Crippen LogP contribution in [0.15, 0.2) is 18.2 Å². The van der Waals surface area contributed by atoms with Crippen molar-refractivity contribution in [3.63, 3.8) is 0 Å². The molecule has 1 saturated carbocycles. The molecule has 0 saturated heterocycles. The van der Waals surface area contributed by atoms with Gasteiger partial charge in [0.15, 0.2) is 0 Å². The number of carbonyl (C=O) groups is 1. The van der Waals surface area contributed by atoms with Gasteiger partial charge in [0.2, 0.25) is 0 Å². The Morgan fingerprint density at radius 1 is 1.24 bits per heavy atom. The van der Waals surface area contributed by atoms with Gasteiger partial charge in [-0.15, -0.1) is 0 Å². The largest absolute Gasteiger partial charge is 0.388 e. The third-order valence-corrected chi connectivity index (χ3v) is 3.92. The van der Waals surface area contributed by atoms with Crippen molar-refractivity contribution in [1.82, 2.24) is 5.32 Å². The molecule has 0 atom stereocenters. The molecular weight excluding hydrogens is 270 g/mol. The van der Waals surface area contributed by atoms with Crippen molar-refractivity contribution in [1.29, 1.82) is 0 Å². The smallest absolute Gasteiger partial charge is 0.282 e. The average Bonchev–Trinajstić information content (AvgIpc) is 2.75. The van der Waals surface area contributed by atoms with Gasteiger partial charge in [-0.25, -0.2) is 0 Å². The fourth-order valence-corrected chi connectivity index (χ4v) is 2.72. The predicted octanol–water partition coefficient (Wildman–Crippen LogP) is 3.09. The summed E-state index contributed by atoms with van der Waals surface area (Å²) in [7, 11) is 1.72. The predicted molar refractivity (Wildman–Crippen MR) is 81.6 cm³/mol. The van der Waals surface area contributed by atoms with E-state index in [1.807, 2.05) is 0 Å². The van der Waals surface area contributed by atoms with Crippen LogP contribution in [0.5, 0.6) is 0 Å². The minimum atomic E-state index is -0.512. The maximum Gasteiger partial charge on any atom is 0.282 e. The lowest BCUT2D eigenvalue weighted by Crippen LogP contribution is -2.34. The van der Waals surface area contributed by atoms with Crippen molar-refractivity contribution in [2.45, 2.75) is 44.6 Å². The highest BCUT2D eigenvalue weighted by Gasteiger charge is 2.23. The Morgan fingerprint density at radius 2 is 1.90 bits per heavy atom. The number of benzene rings is 1. The molecule has 1 aromatic rings. The fourth-order valence-electron chi connectivity index (χ4n) is 2.72. The lowest BCUT2D eigenvalue weighted by atomic mass is 10.1. The van der Waals surface area contributed by atoms with Crippen molar-refractivity contribution in [3.05, 3.63) is 33.9 Å². The first-order valence-electron chi connectivity index (χ1n) is 7.39. The minimum absolute atomic E-state index is 0.121. The van der Waals surface area contributed by atoms with E-state index in [-0.39, 0.29) is 23.2 Å². The number of rotatable bonds is 4. The van der Waals surface area contributed by atoms with Crippen LogP contribution >= 0.6 is 0 Å². The summed E-state index contributed by atoms with van der Waals surface area (Å²) in [6.07, 6.45) is 6.49. The monoisotopic (exact) mass is 291 g/mol. The second-order valence-corrected chi connectivity index (χ2v) is 5.40. The van der Waals surface area contributed by atoms with Crippen LogP contribution in [0.1, 0.15) is 48.9 Å². The third-order valence-electron chi connectivity index (χ3n) is 3.92. The number of amides is 1. The molecule has 21 heavy (non-hydrogen) atoms. The van der Waals surface area contributed by atoms with Gasteiger partial charge in [0.1, 0.15) is 5.56 Å². The van der Waals surface area contributed by atoms with E-state index in [1.165, 1.54) is 25.0 Å². The summed E-state index contributed by atoms with van der Waals surface area (Å²) < 4.78 is 0. The molecule has 114 valence electrons. The Kier molecular flexibility index (Phi) is 5.14. The number of nitro benzene ring substituents is 1. The second-order valence-electron chi connectivity index (χ2n) is 5.40. The van der Waals surface area contributed by atoms with Crippen LogP contribution in [0, 0.1) is 10.1 Å². The molecule has 1 amide bonds. The van der Waals surface area contributed by atoms with Gasteiger partial charge >= 0.3 is 0 Å². The molecule has 2 rings (SSSR count). The van der Waals surface area contributed by atoms with Crippen LogP contribution in [-0.2, 0) is 0 Å². The molecule has 1 fully saturated rings. The molecule has 6 nitrogen and oxygen atoms in total. The van der Waals surface area contributed by atoms with E-state index < -0.39 is 4.92 Å². The minimum Gasteiger partial charge on any atom is -0.388 e. The highest BCUT2D eigenvalue weighted by Crippen LogP contribution is 2.24. The lowest BCUT2D eigenvalue weighted by molar-refractivity contribution is -0.385. The Labute approximate surface area is 124 Å². The van der Waals surface area contributed by atoms with Crippen LogP contribution in [0.2, 0.25) is 0 Å². The van der Waals surface area contributed by atoms with E-state index in [2.05, 4.69) is 10.6 Å². The maximum absolute atomic E-state index is 12.4. The standard InChI is InChI=1S/C15H21N3O3/c1-16-12-8-9-14(18(20)21)13(10-12)15(19)17-11-6-4-2-3-5-7-11/h8-11,16H,2-7H2,1H3,(H,17,19). The van der Waals surface area contributed by atoms with Crippen molar-refractivity contribution >= 4 is 17.3 Å². The Hall–Kier alpha value is -2.11. The van der Waals surface area contributed by atoms with Crippen molar-refractivity contribution < 1.29 is 9.72 Å². The fraction of sp³-hybridized carbons (Fsp3) is 0.533. The normalized spacial score (nSPS) is 16.0. The summed E-state index contributed by atoms with van der Waals surface area (Å²) in [5.41, 5.74) is 0.655. The maximum atomic E-state index is 12.4. The van der Waals surface area contributed by atoms with Crippen molar-refractivity contribution in [3.8, 4) is 0 Å². The summed E-state index contributed by atoms with van der Waals surface area (Å²) in [4.78, 5) is 22.9. The first-order chi connectivity index (χ1) is 10.1. The van der Waals surface area contributed by atoms with E-state index >= 15 is 0 Å². The molecule has 0 radical (unpaired) electrons. The highest BCUT2D eigenvalue weighted by atomic mass is 16.6. The van der Waals surface area contributed by atoms with Crippen molar-refractivity contribution in [2.75, 3.05) is 12.4 Å². The summed E-state index contributed by atoms with van der Waals surface area (Å²) in [6.45, 7) is 0. The molecule has 0 aromatic heterocycles. The van der Waals surface area contributed by atoms with Gasteiger partial charge in [0, 0.05) is 24.8 Å². The topological polar surface area (TPSA) is 84.3 Å². The molecule has 0 aliphatic heterocycles. The van der Waals surface area contributed by atoms with Gasteiger partial charge in [-0.2, -0.15) is 0 Å².